The Kier molecular flexibility index (Phi) is 5.11. The number of rotatable bonds is 5. The van der Waals surface area contributed by atoms with Gasteiger partial charge in [-0.3, -0.25) is 9.59 Å². The number of benzene rings is 2. The molecule has 1 amide bonds. The average Bonchev–Trinajstić information content (AvgIpc) is 3.52. The maximum Gasteiger partial charge on any atom is 0.251 e. The van der Waals surface area contributed by atoms with Gasteiger partial charge in [0.15, 0.2) is 5.78 Å². The third kappa shape index (κ3) is 4.13. The molecule has 2 aliphatic rings. The molecule has 0 aromatic heterocycles. The van der Waals surface area contributed by atoms with Crippen LogP contribution >= 0.6 is 0 Å². The van der Waals surface area contributed by atoms with Gasteiger partial charge < -0.3 is 5.32 Å². The second-order valence-corrected chi connectivity index (χ2v) is 8.05. The van der Waals surface area contributed by atoms with Crippen LogP contribution in [0.15, 0.2) is 42.5 Å². The number of hydrogen-bond acceptors (Lipinski definition) is 2. The number of hydrogen-bond donors (Lipinski definition) is 1. The lowest BCUT2D eigenvalue weighted by molar-refractivity contribution is 0.0888. The van der Waals surface area contributed by atoms with Gasteiger partial charge in [0.2, 0.25) is 0 Å². The molecular formula is C24H27NO2. The van der Waals surface area contributed by atoms with Crippen LogP contribution in [0, 0.1) is 12.8 Å². The van der Waals surface area contributed by atoms with Gasteiger partial charge in [0.25, 0.3) is 5.91 Å². The highest BCUT2D eigenvalue weighted by molar-refractivity contribution is 5.99. The monoisotopic (exact) mass is 361 g/mol. The van der Waals surface area contributed by atoms with Crippen molar-refractivity contribution >= 4 is 11.7 Å². The first-order valence-corrected chi connectivity index (χ1v) is 10.2. The van der Waals surface area contributed by atoms with Gasteiger partial charge in [-0.2, -0.15) is 0 Å². The summed E-state index contributed by atoms with van der Waals surface area (Å²) in [5.41, 5.74) is 4.74. The molecule has 2 aliphatic carbocycles. The van der Waals surface area contributed by atoms with Crippen molar-refractivity contribution in [2.45, 2.75) is 57.9 Å². The highest BCUT2D eigenvalue weighted by Gasteiger charge is 2.24. The minimum absolute atomic E-state index is 0.00264. The molecule has 2 fully saturated rings. The molecule has 0 spiro atoms. The zero-order chi connectivity index (χ0) is 18.8. The number of ketones is 1. The van der Waals surface area contributed by atoms with Gasteiger partial charge in [-0.15, -0.1) is 0 Å². The molecule has 2 aromatic rings. The Labute approximate surface area is 161 Å². The van der Waals surface area contributed by atoms with Gasteiger partial charge in [0.05, 0.1) is 0 Å². The summed E-state index contributed by atoms with van der Waals surface area (Å²) in [6, 6.07) is 14.1. The summed E-state index contributed by atoms with van der Waals surface area (Å²) in [4.78, 5) is 25.1. The van der Waals surface area contributed by atoms with Crippen molar-refractivity contribution in [2.75, 3.05) is 0 Å². The SMILES string of the molecule is Cc1ccc(C(=O)NC2CC2)cc1-c1ccc(C(=O)C2CCCCC2)cc1. The molecule has 0 aliphatic heterocycles. The van der Waals surface area contributed by atoms with Crippen LogP contribution in [-0.2, 0) is 0 Å². The number of carbonyl (C=O) groups is 2. The van der Waals surface area contributed by atoms with Gasteiger partial charge >= 0.3 is 0 Å². The molecule has 1 N–H and O–H groups in total. The number of nitrogens with one attached hydrogen (secondary N) is 1. The van der Waals surface area contributed by atoms with Crippen LogP contribution in [0.4, 0.5) is 0 Å². The number of aryl methyl sites for hydroxylation is 1. The quantitative estimate of drug-likeness (QED) is 0.733. The van der Waals surface area contributed by atoms with Crippen LogP contribution in [0.3, 0.4) is 0 Å². The zero-order valence-electron chi connectivity index (χ0n) is 16.0. The van der Waals surface area contributed by atoms with E-state index in [-0.39, 0.29) is 17.6 Å². The second-order valence-electron chi connectivity index (χ2n) is 8.05. The van der Waals surface area contributed by atoms with Crippen molar-refractivity contribution in [1.29, 1.82) is 0 Å². The standard InChI is InChI=1S/C24H27NO2/c1-16-7-8-20(24(27)25-21-13-14-21)15-22(16)17-9-11-19(12-10-17)23(26)18-5-3-2-4-6-18/h7-12,15,18,21H,2-6,13-14H2,1H3,(H,25,27). The third-order valence-electron chi connectivity index (χ3n) is 5.87. The topological polar surface area (TPSA) is 46.2 Å². The molecular weight excluding hydrogens is 334 g/mol. The maximum absolute atomic E-state index is 12.7. The van der Waals surface area contributed by atoms with E-state index in [0.29, 0.717) is 11.6 Å². The van der Waals surface area contributed by atoms with Gasteiger partial charge in [-0.25, -0.2) is 0 Å². The van der Waals surface area contributed by atoms with E-state index in [2.05, 4.69) is 12.2 Å². The normalized spacial score (nSPS) is 17.5. The molecule has 0 radical (unpaired) electrons. The molecule has 2 aromatic carbocycles. The minimum atomic E-state index is 0.00264. The number of amides is 1. The highest BCUT2D eigenvalue weighted by Crippen LogP contribution is 2.29. The van der Waals surface area contributed by atoms with Crippen LogP contribution in [0.25, 0.3) is 11.1 Å². The minimum Gasteiger partial charge on any atom is -0.349 e. The maximum atomic E-state index is 12.7. The van der Waals surface area contributed by atoms with E-state index in [1.54, 1.807) is 0 Å². The highest BCUT2D eigenvalue weighted by atomic mass is 16.1. The van der Waals surface area contributed by atoms with E-state index >= 15 is 0 Å². The fraction of sp³-hybridized carbons (Fsp3) is 0.417. The van der Waals surface area contributed by atoms with Crippen molar-refractivity contribution in [2.24, 2.45) is 5.92 Å². The van der Waals surface area contributed by atoms with Gasteiger partial charge in [-0.1, -0.05) is 49.6 Å². The first kappa shape index (κ1) is 18.0. The summed E-state index contributed by atoms with van der Waals surface area (Å²) in [5.74, 6) is 0.485. The van der Waals surface area contributed by atoms with E-state index < -0.39 is 0 Å². The van der Waals surface area contributed by atoms with E-state index in [1.165, 1.54) is 19.3 Å². The average molecular weight is 361 g/mol. The van der Waals surface area contributed by atoms with Crippen molar-refractivity contribution in [3.63, 3.8) is 0 Å². The Morgan fingerprint density at radius 3 is 2.19 bits per heavy atom. The smallest absolute Gasteiger partial charge is 0.251 e. The van der Waals surface area contributed by atoms with Crippen LogP contribution < -0.4 is 5.32 Å². The van der Waals surface area contributed by atoms with E-state index in [9.17, 15) is 9.59 Å². The fourth-order valence-corrected chi connectivity index (χ4v) is 3.99. The van der Waals surface area contributed by atoms with Gasteiger partial charge in [-0.05, 0) is 61.4 Å². The molecule has 3 heteroatoms. The summed E-state index contributed by atoms with van der Waals surface area (Å²) in [6.45, 7) is 2.05. The molecule has 0 heterocycles. The van der Waals surface area contributed by atoms with Gasteiger partial charge in [0.1, 0.15) is 0 Å². The molecule has 0 atom stereocenters. The lowest BCUT2D eigenvalue weighted by atomic mass is 9.83. The molecule has 140 valence electrons. The fourth-order valence-electron chi connectivity index (χ4n) is 3.99. The predicted molar refractivity (Wildman–Crippen MR) is 108 cm³/mol. The lowest BCUT2D eigenvalue weighted by Gasteiger charge is -2.20. The predicted octanol–water partition coefficient (Wildman–Crippen LogP) is 5.32. The van der Waals surface area contributed by atoms with E-state index in [4.69, 9.17) is 0 Å². The van der Waals surface area contributed by atoms with Crippen LogP contribution in [0.5, 0.6) is 0 Å². The first-order valence-electron chi connectivity index (χ1n) is 10.2. The van der Waals surface area contributed by atoms with Crippen molar-refractivity contribution in [3.8, 4) is 11.1 Å². The lowest BCUT2D eigenvalue weighted by Crippen LogP contribution is -2.25. The summed E-state index contributed by atoms with van der Waals surface area (Å²) < 4.78 is 0. The van der Waals surface area contributed by atoms with Crippen LogP contribution in [0.2, 0.25) is 0 Å². The third-order valence-corrected chi connectivity index (χ3v) is 5.87. The molecule has 2 saturated carbocycles. The molecule has 0 saturated heterocycles. The van der Waals surface area contributed by atoms with E-state index in [0.717, 1.165) is 47.9 Å². The Hall–Kier alpha value is -2.42. The Morgan fingerprint density at radius 2 is 1.52 bits per heavy atom. The van der Waals surface area contributed by atoms with Gasteiger partial charge in [0, 0.05) is 23.1 Å². The molecule has 4 rings (SSSR count). The molecule has 0 bridgehead atoms. The largest absolute Gasteiger partial charge is 0.349 e. The zero-order valence-corrected chi connectivity index (χ0v) is 16.0. The van der Waals surface area contributed by atoms with Crippen molar-refractivity contribution in [3.05, 3.63) is 59.2 Å². The second kappa shape index (κ2) is 7.67. The van der Waals surface area contributed by atoms with E-state index in [1.807, 2.05) is 42.5 Å². The molecule has 27 heavy (non-hydrogen) atoms. The summed E-state index contributed by atoms with van der Waals surface area (Å²) >= 11 is 0. The van der Waals surface area contributed by atoms with Crippen LogP contribution in [-0.4, -0.2) is 17.7 Å². The molecule has 0 unspecified atom stereocenters. The summed E-state index contributed by atoms with van der Waals surface area (Å²) in [6.07, 6.45) is 7.82. The first-order chi connectivity index (χ1) is 13.1. The van der Waals surface area contributed by atoms with Crippen molar-refractivity contribution < 1.29 is 9.59 Å². The molecule has 3 nitrogen and oxygen atoms in total. The van der Waals surface area contributed by atoms with Crippen molar-refractivity contribution in [1.82, 2.24) is 5.32 Å². The Balaban J connectivity index is 1.54. The Bertz CT molecular complexity index is 843. The summed E-state index contributed by atoms with van der Waals surface area (Å²) in [5, 5.41) is 3.05. The number of carbonyl (C=O) groups excluding carboxylic acids is 2. The van der Waals surface area contributed by atoms with Crippen LogP contribution in [0.1, 0.15) is 71.2 Å². The Morgan fingerprint density at radius 1 is 0.852 bits per heavy atom. The number of Topliss-reactive ketones (excluding diaryl/α,β-unsaturated/α-hetero) is 1. The summed E-state index contributed by atoms with van der Waals surface area (Å²) in [7, 11) is 0.